The van der Waals surface area contributed by atoms with Gasteiger partial charge in [-0.25, -0.2) is 0 Å². The third kappa shape index (κ3) is 3.31. The zero-order chi connectivity index (χ0) is 15.8. The normalized spacial score (nSPS) is 29.4. The maximum atomic E-state index is 10.00. The van der Waals surface area contributed by atoms with E-state index in [0.29, 0.717) is 5.41 Å². The summed E-state index contributed by atoms with van der Waals surface area (Å²) in [6.07, 6.45) is 8.17. The van der Waals surface area contributed by atoms with Gasteiger partial charge >= 0.3 is 0 Å². The Morgan fingerprint density at radius 2 is 1.73 bits per heavy atom. The van der Waals surface area contributed by atoms with Crippen LogP contribution in [-0.2, 0) is 0 Å². The van der Waals surface area contributed by atoms with E-state index in [1.807, 2.05) is 24.3 Å². The predicted octanol–water partition coefficient (Wildman–Crippen LogP) is 3.81. The summed E-state index contributed by atoms with van der Waals surface area (Å²) in [6, 6.07) is 7.51. The van der Waals surface area contributed by atoms with Crippen LogP contribution in [0.25, 0.3) is 0 Å². The summed E-state index contributed by atoms with van der Waals surface area (Å²) < 4.78 is 6.08. The van der Waals surface area contributed by atoms with E-state index in [9.17, 15) is 5.11 Å². The first-order valence-electron chi connectivity index (χ1n) is 8.59. The van der Waals surface area contributed by atoms with E-state index in [-0.39, 0.29) is 6.04 Å². The van der Waals surface area contributed by atoms with Crippen LogP contribution in [-0.4, -0.2) is 17.3 Å². The average Bonchev–Trinajstić information content (AvgIpc) is 2.54. The first-order chi connectivity index (χ1) is 10.4. The van der Waals surface area contributed by atoms with Gasteiger partial charge in [0.15, 0.2) is 0 Å². The molecule has 0 heterocycles. The monoisotopic (exact) mass is 303 g/mol. The summed E-state index contributed by atoms with van der Waals surface area (Å²) in [4.78, 5) is 0. The van der Waals surface area contributed by atoms with Gasteiger partial charge in [0, 0.05) is 5.41 Å². The molecule has 3 N–H and O–H groups in total. The molecule has 122 valence electrons. The van der Waals surface area contributed by atoms with Crippen molar-refractivity contribution in [1.29, 1.82) is 0 Å². The lowest BCUT2D eigenvalue weighted by molar-refractivity contribution is 0.0191. The predicted molar refractivity (Wildman–Crippen MR) is 88.8 cm³/mol. The van der Waals surface area contributed by atoms with Gasteiger partial charge in [0.2, 0.25) is 0 Å². The minimum atomic E-state index is -0.915. The minimum absolute atomic E-state index is 0.381. The van der Waals surface area contributed by atoms with Crippen LogP contribution in [0.3, 0.4) is 0 Å². The third-order valence-electron chi connectivity index (χ3n) is 5.79. The number of aliphatic hydroxyl groups is 1. The number of nitrogens with two attached hydrogens (primary N) is 1. The number of benzene rings is 1. The Bertz CT molecular complexity index is 481. The molecule has 4 rings (SSSR count). The van der Waals surface area contributed by atoms with Gasteiger partial charge < -0.3 is 15.6 Å². The molecule has 1 unspecified atom stereocenters. The Labute approximate surface area is 133 Å². The van der Waals surface area contributed by atoms with Crippen molar-refractivity contribution >= 4 is 0 Å². The van der Waals surface area contributed by atoms with Gasteiger partial charge in [0.05, 0.1) is 18.2 Å². The fourth-order valence-electron chi connectivity index (χ4n) is 3.97. The molecular formula is C19H29NO2. The molecule has 3 saturated carbocycles. The molecule has 1 atom stereocenters. The molecule has 1 aromatic rings. The van der Waals surface area contributed by atoms with Gasteiger partial charge in [-0.3, -0.25) is 0 Å². The van der Waals surface area contributed by atoms with Crippen molar-refractivity contribution in [3.63, 3.8) is 0 Å². The number of fused-ring (bicyclic) bond motifs is 3. The second kappa shape index (κ2) is 5.86. The standard InChI is InChI=1S/C19H29NO2/c1-18(2,21)17(20)15-3-5-16(6-4-15)22-13-19-10-7-14(8-11-19)9-12-19/h3-6,14,17,21H,7-13,20H2,1-2H3. The smallest absolute Gasteiger partial charge is 0.119 e. The molecular weight excluding hydrogens is 274 g/mol. The van der Waals surface area contributed by atoms with Crippen LogP contribution in [0.15, 0.2) is 24.3 Å². The number of hydrogen-bond acceptors (Lipinski definition) is 3. The summed E-state index contributed by atoms with van der Waals surface area (Å²) in [5, 5.41) is 10.00. The number of rotatable bonds is 5. The zero-order valence-corrected chi connectivity index (χ0v) is 13.8. The Hall–Kier alpha value is -1.06. The van der Waals surface area contributed by atoms with E-state index in [1.54, 1.807) is 13.8 Å². The van der Waals surface area contributed by atoms with Crippen molar-refractivity contribution in [2.45, 2.75) is 64.0 Å². The molecule has 3 heteroatoms. The van der Waals surface area contributed by atoms with Gasteiger partial charge in [-0.15, -0.1) is 0 Å². The molecule has 3 aliphatic carbocycles. The number of hydrogen-bond donors (Lipinski definition) is 2. The first-order valence-corrected chi connectivity index (χ1v) is 8.59. The Kier molecular flexibility index (Phi) is 4.21. The summed E-state index contributed by atoms with van der Waals surface area (Å²) >= 11 is 0. The first kappa shape index (κ1) is 15.8. The lowest BCUT2D eigenvalue weighted by Gasteiger charge is -2.46. The Balaban J connectivity index is 1.59. The molecule has 0 aromatic heterocycles. The van der Waals surface area contributed by atoms with Crippen LogP contribution in [0.5, 0.6) is 5.75 Å². The van der Waals surface area contributed by atoms with Gasteiger partial charge in [0.25, 0.3) is 0 Å². The van der Waals surface area contributed by atoms with E-state index in [0.717, 1.165) is 23.8 Å². The highest BCUT2D eigenvalue weighted by Crippen LogP contribution is 2.50. The van der Waals surface area contributed by atoms with E-state index >= 15 is 0 Å². The average molecular weight is 303 g/mol. The summed E-state index contributed by atoms with van der Waals surface area (Å²) in [5.41, 5.74) is 6.52. The second-order valence-electron chi connectivity index (χ2n) is 7.97. The highest BCUT2D eigenvalue weighted by atomic mass is 16.5. The lowest BCUT2D eigenvalue weighted by atomic mass is 9.61. The molecule has 0 aliphatic heterocycles. The molecule has 0 saturated heterocycles. The van der Waals surface area contributed by atoms with Crippen molar-refractivity contribution in [2.24, 2.45) is 17.1 Å². The fraction of sp³-hybridized carbons (Fsp3) is 0.684. The van der Waals surface area contributed by atoms with Crippen LogP contribution in [0.2, 0.25) is 0 Å². The molecule has 0 radical (unpaired) electrons. The molecule has 0 spiro atoms. The van der Waals surface area contributed by atoms with Crippen LogP contribution < -0.4 is 10.5 Å². The summed E-state index contributed by atoms with van der Waals surface area (Å²) in [5.74, 6) is 1.90. The van der Waals surface area contributed by atoms with Crippen molar-refractivity contribution < 1.29 is 9.84 Å². The van der Waals surface area contributed by atoms with Crippen molar-refractivity contribution in [2.75, 3.05) is 6.61 Å². The topological polar surface area (TPSA) is 55.5 Å². The van der Waals surface area contributed by atoms with Crippen molar-refractivity contribution in [1.82, 2.24) is 0 Å². The molecule has 3 aliphatic rings. The fourth-order valence-corrected chi connectivity index (χ4v) is 3.97. The summed E-state index contributed by atoms with van der Waals surface area (Å²) in [7, 11) is 0. The van der Waals surface area contributed by atoms with Gasteiger partial charge in [0.1, 0.15) is 5.75 Å². The lowest BCUT2D eigenvalue weighted by Crippen LogP contribution is -2.38. The Morgan fingerprint density at radius 3 is 2.23 bits per heavy atom. The third-order valence-corrected chi connectivity index (χ3v) is 5.79. The van der Waals surface area contributed by atoms with Gasteiger partial charge in [-0.1, -0.05) is 12.1 Å². The summed E-state index contributed by atoms with van der Waals surface area (Å²) in [6.45, 7) is 4.32. The van der Waals surface area contributed by atoms with Crippen LogP contribution in [0, 0.1) is 11.3 Å². The van der Waals surface area contributed by atoms with Crippen LogP contribution in [0.1, 0.15) is 64.0 Å². The van der Waals surface area contributed by atoms with Gasteiger partial charge in [-0.05, 0) is 76.0 Å². The quantitative estimate of drug-likeness (QED) is 0.869. The van der Waals surface area contributed by atoms with Crippen LogP contribution >= 0.6 is 0 Å². The molecule has 2 bridgehead atoms. The van der Waals surface area contributed by atoms with E-state index < -0.39 is 5.60 Å². The highest BCUT2D eigenvalue weighted by Gasteiger charge is 2.40. The maximum absolute atomic E-state index is 10.00. The largest absolute Gasteiger partial charge is 0.493 e. The highest BCUT2D eigenvalue weighted by molar-refractivity contribution is 5.30. The molecule has 0 amide bonds. The van der Waals surface area contributed by atoms with E-state index in [1.165, 1.54) is 38.5 Å². The molecule has 3 nitrogen and oxygen atoms in total. The molecule has 1 aromatic carbocycles. The Morgan fingerprint density at radius 1 is 1.18 bits per heavy atom. The van der Waals surface area contributed by atoms with Crippen LogP contribution in [0.4, 0.5) is 0 Å². The minimum Gasteiger partial charge on any atom is -0.493 e. The van der Waals surface area contributed by atoms with E-state index in [4.69, 9.17) is 10.5 Å². The molecule has 22 heavy (non-hydrogen) atoms. The van der Waals surface area contributed by atoms with Crippen molar-refractivity contribution in [3.8, 4) is 5.75 Å². The maximum Gasteiger partial charge on any atom is 0.119 e. The van der Waals surface area contributed by atoms with E-state index in [2.05, 4.69) is 0 Å². The van der Waals surface area contributed by atoms with Crippen molar-refractivity contribution in [3.05, 3.63) is 29.8 Å². The zero-order valence-electron chi connectivity index (χ0n) is 13.8. The number of ether oxygens (including phenoxy) is 1. The molecule has 3 fully saturated rings. The van der Waals surface area contributed by atoms with Gasteiger partial charge in [-0.2, -0.15) is 0 Å². The second-order valence-corrected chi connectivity index (χ2v) is 7.97. The SMILES string of the molecule is CC(C)(O)C(N)c1ccc(OCC23CCC(CC2)CC3)cc1.